The molecular formula is C26H37N3. The van der Waals surface area contributed by atoms with Crippen LogP contribution in [0.2, 0.25) is 0 Å². The van der Waals surface area contributed by atoms with Gasteiger partial charge in [0.1, 0.15) is 5.82 Å². The molecule has 156 valence electrons. The summed E-state index contributed by atoms with van der Waals surface area (Å²) in [4.78, 5) is 4.74. The molecule has 29 heavy (non-hydrogen) atoms. The molecule has 0 bridgehead atoms. The zero-order chi connectivity index (χ0) is 20.6. The van der Waals surface area contributed by atoms with Crippen LogP contribution in [0.25, 0.3) is 5.70 Å². The molecule has 0 aliphatic heterocycles. The second-order valence-corrected chi connectivity index (χ2v) is 8.53. The minimum absolute atomic E-state index is 0.499. The molecule has 2 aromatic rings. The SMILES string of the molecule is C=C(NC(CCC)CCC)c1cnc(Nc2cccc(C)c2)cc1C1CCCC1. The first-order chi connectivity index (χ1) is 14.1. The normalized spacial score (nSPS) is 14.3. The van der Waals surface area contributed by atoms with Crippen LogP contribution in [-0.4, -0.2) is 11.0 Å². The molecule has 0 saturated heterocycles. The summed E-state index contributed by atoms with van der Waals surface area (Å²) in [6.07, 6.45) is 12.0. The maximum atomic E-state index is 4.74. The van der Waals surface area contributed by atoms with E-state index < -0.39 is 0 Å². The second-order valence-electron chi connectivity index (χ2n) is 8.53. The smallest absolute Gasteiger partial charge is 0.130 e. The van der Waals surface area contributed by atoms with Crippen LogP contribution in [-0.2, 0) is 0 Å². The number of benzene rings is 1. The largest absolute Gasteiger partial charge is 0.382 e. The van der Waals surface area contributed by atoms with Crippen LogP contribution in [0.4, 0.5) is 11.5 Å². The minimum Gasteiger partial charge on any atom is -0.382 e. The maximum absolute atomic E-state index is 4.74. The van der Waals surface area contributed by atoms with E-state index in [0.717, 1.165) is 17.2 Å². The monoisotopic (exact) mass is 391 g/mol. The number of hydrogen-bond acceptors (Lipinski definition) is 3. The van der Waals surface area contributed by atoms with Crippen molar-refractivity contribution in [3.8, 4) is 0 Å². The number of anilines is 2. The molecule has 1 heterocycles. The number of aromatic nitrogens is 1. The van der Waals surface area contributed by atoms with Gasteiger partial charge in [0.05, 0.1) is 0 Å². The Kier molecular flexibility index (Phi) is 7.74. The van der Waals surface area contributed by atoms with Gasteiger partial charge in [0.25, 0.3) is 0 Å². The van der Waals surface area contributed by atoms with Crippen molar-refractivity contribution in [1.29, 1.82) is 0 Å². The quantitative estimate of drug-likeness (QED) is 0.445. The van der Waals surface area contributed by atoms with Gasteiger partial charge in [-0.2, -0.15) is 0 Å². The summed E-state index contributed by atoms with van der Waals surface area (Å²) in [6.45, 7) is 11.0. The van der Waals surface area contributed by atoms with Gasteiger partial charge in [-0.25, -0.2) is 4.98 Å². The summed E-state index contributed by atoms with van der Waals surface area (Å²) < 4.78 is 0. The number of nitrogens with zero attached hydrogens (tertiary/aromatic N) is 1. The Morgan fingerprint density at radius 2 is 1.86 bits per heavy atom. The van der Waals surface area contributed by atoms with Gasteiger partial charge in [-0.05, 0) is 67.9 Å². The third-order valence-electron chi connectivity index (χ3n) is 6.00. The highest BCUT2D eigenvalue weighted by atomic mass is 15.0. The fraction of sp³-hybridized carbons (Fsp3) is 0.500. The molecule has 1 aliphatic rings. The lowest BCUT2D eigenvalue weighted by atomic mass is 9.92. The zero-order valence-corrected chi connectivity index (χ0v) is 18.4. The highest BCUT2D eigenvalue weighted by Crippen LogP contribution is 2.38. The molecule has 3 rings (SSSR count). The number of rotatable bonds is 10. The van der Waals surface area contributed by atoms with E-state index in [1.807, 2.05) is 6.20 Å². The Bertz CT molecular complexity index is 799. The van der Waals surface area contributed by atoms with Gasteiger partial charge in [0.15, 0.2) is 0 Å². The third-order valence-corrected chi connectivity index (χ3v) is 6.00. The lowest BCUT2D eigenvalue weighted by Crippen LogP contribution is -2.27. The highest BCUT2D eigenvalue weighted by Gasteiger charge is 2.22. The molecule has 1 aromatic heterocycles. The summed E-state index contributed by atoms with van der Waals surface area (Å²) in [5, 5.41) is 7.22. The molecule has 1 aliphatic carbocycles. The van der Waals surface area contributed by atoms with E-state index in [4.69, 9.17) is 4.98 Å². The third kappa shape index (κ3) is 5.85. The number of nitrogens with one attached hydrogen (secondary N) is 2. The van der Waals surface area contributed by atoms with Gasteiger partial charge < -0.3 is 10.6 Å². The molecule has 1 aromatic carbocycles. The van der Waals surface area contributed by atoms with Gasteiger partial charge in [-0.3, -0.25) is 0 Å². The van der Waals surface area contributed by atoms with Crippen molar-refractivity contribution in [3.63, 3.8) is 0 Å². The van der Waals surface area contributed by atoms with Crippen LogP contribution < -0.4 is 10.6 Å². The molecule has 0 atom stereocenters. The van der Waals surface area contributed by atoms with E-state index in [2.05, 4.69) is 68.3 Å². The van der Waals surface area contributed by atoms with E-state index in [0.29, 0.717) is 12.0 Å². The first-order valence-corrected chi connectivity index (χ1v) is 11.4. The Hall–Kier alpha value is -2.29. The summed E-state index contributed by atoms with van der Waals surface area (Å²) in [6, 6.07) is 11.2. The summed E-state index contributed by atoms with van der Waals surface area (Å²) >= 11 is 0. The van der Waals surface area contributed by atoms with Gasteiger partial charge in [-0.15, -0.1) is 0 Å². The highest BCUT2D eigenvalue weighted by molar-refractivity contribution is 5.68. The van der Waals surface area contributed by atoms with Crippen LogP contribution in [0.3, 0.4) is 0 Å². The Balaban J connectivity index is 1.84. The second kappa shape index (κ2) is 10.5. The number of hydrogen-bond donors (Lipinski definition) is 2. The van der Waals surface area contributed by atoms with Crippen LogP contribution >= 0.6 is 0 Å². The standard InChI is InChI=1S/C26H37N3/c1-5-10-22(11-6-2)28-20(4)25-18-27-26(17-24(25)21-13-7-8-14-21)29-23-15-9-12-19(3)16-23/h9,12,15-18,21-22,28H,4-8,10-11,13-14H2,1-3H3,(H,27,29). The summed E-state index contributed by atoms with van der Waals surface area (Å²) in [5.74, 6) is 1.54. The Morgan fingerprint density at radius 3 is 2.52 bits per heavy atom. The summed E-state index contributed by atoms with van der Waals surface area (Å²) in [7, 11) is 0. The Labute approximate surface area is 177 Å². The van der Waals surface area contributed by atoms with E-state index in [1.54, 1.807) is 0 Å². The topological polar surface area (TPSA) is 37.0 Å². The fourth-order valence-corrected chi connectivity index (χ4v) is 4.55. The lowest BCUT2D eigenvalue weighted by molar-refractivity contribution is 0.502. The predicted octanol–water partition coefficient (Wildman–Crippen LogP) is 7.32. The average Bonchev–Trinajstić information content (AvgIpc) is 3.23. The molecule has 3 nitrogen and oxygen atoms in total. The van der Waals surface area contributed by atoms with Crippen LogP contribution in [0.5, 0.6) is 0 Å². The van der Waals surface area contributed by atoms with Crippen molar-refractivity contribution in [2.75, 3.05) is 5.32 Å². The van der Waals surface area contributed by atoms with E-state index in [1.165, 1.54) is 68.1 Å². The predicted molar refractivity (Wildman–Crippen MR) is 126 cm³/mol. The van der Waals surface area contributed by atoms with Gasteiger partial charge in [0, 0.05) is 29.2 Å². The number of pyridine rings is 1. The van der Waals surface area contributed by atoms with E-state index in [-0.39, 0.29) is 0 Å². The molecule has 2 N–H and O–H groups in total. The Morgan fingerprint density at radius 1 is 1.14 bits per heavy atom. The molecule has 1 saturated carbocycles. The van der Waals surface area contributed by atoms with Gasteiger partial charge in [0.2, 0.25) is 0 Å². The van der Waals surface area contributed by atoms with Gasteiger partial charge in [-0.1, -0.05) is 58.2 Å². The minimum atomic E-state index is 0.499. The first-order valence-electron chi connectivity index (χ1n) is 11.4. The molecule has 3 heteroatoms. The van der Waals surface area contributed by atoms with Gasteiger partial charge >= 0.3 is 0 Å². The average molecular weight is 392 g/mol. The van der Waals surface area contributed by atoms with Crippen molar-refractivity contribution in [3.05, 3.63) is 59.8 Å². The maximum Gasteiger partial charge on any atom is 0.130 e. The van der Waals surface area contributed by atoms with Crippen molar-refractivity contribution >= 4 is 17.2 Å². The molecule has 0 unspecified atom stereocenters. The number of aryl methyl sites for hydroxylation is 1. The molecule has 0 spiro atoms. The molecule has 1 fully saturated rings. The molecule has 0 amide bonds. The van der Waals surface area contributed by atoms with E-state index >= 15 is 0 Å². The fourth-order valence-electron chi connectivity index (χ4n) is 4.55. The van der Waals surface area contributed by atoms with Crippen LogP contribution in [0.15, 0.2) is 43.1 Å². The molecule has 0 radical (unpaired) electrons. The van der Waals surface area contributed by atoms with Crippen molar-refractivity contribution in [1.82, 2.24) is 10.3 Å². The van der Waals surface area contributed by atoms with E-state index in [9.17, 15) is 0 Å². The van der Waals surface area contributed by atoms with Crippen molar-refractivity contribution < 1.29 is 0 Å². The zero-order valence-electron chi connectivity index (χ0n) is 18.4. The molecular weight excluding hydrogens is 354 g/mol. The van der Waals surface area contributed by atoms with Crippen molar-refractivity contribution in [2.45, 2.75) is 84.1 Å². The summed E-state index contributed by atoms with van der Waals surface area (Å²) in [5.41, 5.74) is 5.97. The lowest BCUT2D eigenvalue weighted by Gasteiger charge is -2.24. The van der Waals surface area contributed by atoms with Crippen LogP contribution in [0, 0.1) is 6.92 Å². The first kappa shape index (κ1) is 21.4. The van der Waals surface area contributed by atoms with Crippen molar-refractivity contribution in [2.24, 2.45) is 0 Å². The van der Waals surface area contributed by atoms with Crippen LogP contribution in [0.1, 0.15) is 87.8 Å².